The van der Waals surface area contributed by atoms with E-state index in [-0.39, 0.29) is 12.3 Å². The van der Waals surface area contributed by atoms with Gasteiger partial charge in [-0.05, 0) is 48.2 Å². The summed E-state index contributed by atoms with van der Waals surface area (Å²) in [5, 5.41) is 2.70. The van der Waals surface area contributed by atoms with E-state index in [0.29, 0.717) is 12.0 Å². The van der Waals surface area contributed by atoms with E-state index < -0.39 is 17.8 Å². The molecule has 2 aromatic carbocycles. The van der Waals surface area contributed by atoms with Crippen LogP contribution in [0.25, 0.3) is 0 Å². The first-order valence-electron chi connectivity index (χ1n) is 8.07. The molecule has 0 bridgehead atoms. The van der Waals surface area contributed by atoms with Crippen LogP contribution in [-0.2, 0) is 27.2 Å². The molecule has 0 radical (unpaired) electrons. The van der Waals surface area contributed by atoms with Gasteiger partial charge in [-0.2, -0.15) is 0 Å². The molecule has 0 unspecified atom stereocenters. The van der Waals surface area contributed by atoms with Crippen LogP contribution in [-0.4, -0.2) is 25.0 Å². The SMILES string of the molecule is COC(=O)[C@@H](Cc1c(C)cccc1C)NC(=O)Cc1cccc(F)c1. The van der Waals surface area contributed by atoms with Crippen molar-refractivity contribution in [3.63, 3.8) is 0 Å². The fourth-order valence-electron chi connectivity index (χ4n) is 2.79. The summed E-state index contributed by atoms with van der Waals surface area (Å²) in [7, 11) is 1.29. The number of aryl methyl sites for hydroxylation is 2. The number of ether oxygens (including phenoxy) is 1. The number of amides is 1. The highest BCUT2D eigenvalue weighted by Gasteiger charge is 2.23. The number of hydrogen-bond acceptors (Lipinski definition) is 3. The van der Waals surface area contributed by atoms with Crippen molar-refractivity contribution in [1.82, 2.24) is 5.32 Å². The first-order chi connectivity index (χ1) is 11.9. The highest BCUT2D eigenvalue weighted by atomic mass is 19.1. The maximum Gasteiger partial charge on any atom is 0.328 e. The molecular formula is C20H22FNO3. The smallest absolute Gasteiger partial charge is 0.328 e. The molecule has 0 aromatic heterocycles. The lowest BCUT2D eigenvalue weighted by Crippen LogP contribution is -2.44. The number of carbonyl (C=O) groups is 2. The number of rotatable bonds is 6. The molecule has 0 aliphatic rings. The summed E-state index contributed by atoms with van der Waals surface area (Å²) in [5.41, 5.74) is 3.65. The second-order valence-corrected chi connectivity index (χ2v) is 6.02. The molecule has 0 aliphatic carbocycles. The van der Waals surface area contributed by atoms with Crippen molar-refractivity contribution in [1.29, 1.82) is 0 Å². The summed E-state index contributed by atoms with van der Waals surface area (Å²) < 4.78 is 18.1. The fourth-order valence-corrected chi connectivity index (χ4v) is 2.79. The summed E-state index contributed by atoms with van der Waals surface area (Å²) in [5.74, 6) is -1.26. The molecule has 132 valence electrons. The van der Waals surface area contributed by atoms with Crippen molar-refractivity contribution in [2.45, 2.75) is 32.7 Å². The second kappa shape index (κ2) is 8.42. The third-order valence-corrected chi connectivity index (χ3v) is 4.13. The fraction of sp³-hybridized carbons (Fsp3) is 0.300. The number of nitrogens with one attached hydrogen (secondary N) is 1. The molecule has 0 aliphatic heterocycles. The molecular weight excluding hydrogens is 321 g/mol. The Balaban J connectivity index is 2.12. The normalized spacial score (nSPS) is 11.7. The Labute approximate surface area is 147 Å². The maximum absolute atomic E-state index is 13.2. The van der Waals surface area contributed by atoms with Gasteiger partial charge in [0.1, 0.15) is 11.9 Å². The van der Waals surface area contributed by atoms with Crippen molar-refractivity contribution in [3.8, 4) is 0 Å². The Morgan fingerprint density at radius 1 is 1.12 bits per heavy atom. The molecule has 0 saturated carbocycles. The quantitative estimate of drug-likeness (QED) is 0.821. The molecule has 4 nitrogen and oxygen atoms in total. The zero-order valence-electron chi connectivity index (χ0n) is 14.6. The van der Waals surface area contributed by atoms with Gasteiger partial charge in [0.2, 0.25) is 5.91 Å². The molecule has 1 amide bonds. The highest BCUT2D eigenvalue weighted by molar-refractivity contribution is 5.85. The van der Waals surface area contributed by atoms with E-state index in [4.69, 9.17) is 4.74 Å². The van der Waals surface area contributed by atoms with Gasteiger partial charge in [-0.15, -0.1) is 0 Å². The minimum Gasteiger partial charge on any atom is -0.467 e. The lowest BCUT2D eigenvalue weighted by molar-refractivity contribution is -0.145. The Hall–Kier alpha value is -2.69. The van der Waals surface area contributed by atoms with E-state index in [0.717, 1.165) is 16.7 Å². The number of halogens is 1. The van der Waals surface area contributed by atoms with Gasteiger partial charge in [0, 0.05) is 6.42 Å². The summed E-state index contributed by atoms with van der Waals surface area (Å²) >= 11 is 0. The Morgan fingerprint density at radius 2 is 1.76 bits per heavy atom. The van der Waals surface area contributed by atoms with Crippen LogP contribution in [0.2, 0.25) is 0 Å². The van der Waals surface area contributed by atoms with Gasteiger partial charge in [0.05, 0.1) is 13.5 Å². The molecule has 25 heavy (non-hydrogen) atoms. The summed E-state index contributed by atoms with van der Waals surface area (Å²) in [4.78, 5) is 24.4. The Bertz CT molecular complexity index is 753. The standard InChI is InChI=1S/C20H22FNO3/c1-13-6-4-7-14(2)17(13)12-18(20(24)25-3)22-19(23)11-15-8-5-9-16(21)10-15/h4-10,18H,11-12H2,1-3H3,(H,22,23)/t18-/m1/s1. The predicted molar refractivity (Wildman–Crippen MR) is 93.7 cm³/mol. The zero-order chi connectivity index (χ0) is 18.4. The topological polar surface area (TPSA) is 55.4 Å². The third-order valence-electron chi connectivity index (χ3n) is 4.13. The summed E-state index contributed by atoms with van der Waals surface area (Å²) in [6.45, 7) is 3.93. The van der Waals surface area contributed by atoms with Crippen molar-refractivity contribution in [3.05, 3.63) is 70.5 Å². The van der Waals surface area contributed by atoms with E-state index in [1.165, 1.54) is 19.2 Å². The lowest BCUT2D eigenvalue weighted by Gasteiger charge is -2.19. The van der Waals surface area contributed by atoms with Crippen LogP contribution in [0, 0.1) is 19.7 Å². The van der Waals surface area contributed by atoms with Crippen LogP contribution in [0.15, 0.2) is 42.5 Å². The monoisotopic (exact) mass is 343 g/mol. The van der Waals surface area contributed by atoms with Gasteiger partial charge < -0.3 is 10.1 Å². The maximum atomic E-state index is 13.2. The molecule has 0 heterocycles. The van der Waals surface area contributed by atoms with Gasteiger partial charge in [-0.1, -0.05) is 30.3 Å². The highest BCUT2D eigenvalue weighted by Crippen LogP contribution is 2.16. The van der Waals surface area contributed by atoms with Crippen LogP contribution in [0.5, 0.6) is 0 Å². The van der Waals surface area contributed by atoms with Crippen LogP contribution < -0.4 is 5.32 Å². The minimum atomic E-state index is -0.786. The molecule has 0 saturated heterocycles. The molecule has 0 fully saturated rings. The second-order valence-electron chi connectivity index (χ2n) is 6.02. The summed E-state index contributed by atoms with van der Waals surface area (Å²) in [6, 6.07) is 10.9. The number of benzene rings is 2. The van der Waals surface area contributed by atoms with Gasteiger partial charge in [-0.3, -0.25) is 4.79 Å². The van der Waals surface area contributed by atoms with Crippen LogP contribution in [0.3, 0.4) is 0 Å². The van der Waals surface area contributed by atoms with Crippen molar-refractivity contribution < 1.29 is 18.7 Å². The molecule has 1 N–H and O–H groups in total. The van der Waals surface area contributed by atoms with Gasteiger partial charge in [-0.25, -0.2) is 9.18 Å². The Morgan fingerprint density at radius 3 is 2.36 bits per heavy atom. The van der Waals surface area contributed by atoms with Crippen LogP contribution >= 0.6 is 0 Å². The van der Waals surface area contributed by atoms with Crippen LogP contribution in [0.4, 0.5) is 4.39 Å². The third kappa shape index (κ3) is 5.14. The zero-order valence-corrected chi connectivity index (χ0v) is 14.6. The van der Waals surface area contributed by atoms with Crippen molar-refractivity contribution >= 4 is 11.9 Å². The van der Waals surface area contributed by atoms with E-state index in [1.807, 2.05) is 32.0 Å². The van der Waals surface area contributed by atoms with Crippen molar-refractivity contribution in [2.24, 2.45) is 0 Å². The van der Waals surface area contributed by atoms with Gasteiger partial charge in [0.15, 0.2) is 0 Å². The van der Waals surface area contributed by atoms with E-state index in [2.05, 4.69) is 5.32 Å². The number of esters is 1. The first kappa shape index (κ1) is 18.6. The number of methoxy groups -OCH3 is 1. The minimum absolute atomic E-state index is 0.00198. The average molecular weight is 343 g/mol. The van der Waals surface area contributed by atoms with Gasteiger partial charge in [0.25, 0.3) is 0 Å². The molecule has 1 atom stereocenters. The molecule has 2 aromatic rings. The first-order valence-corrected chi connectivity index (χ1v) is 8.07. The Kier molecular flexibility index (Phi) is 6.28. The van der Waals surface area contributed by atoms with Crippen molar-refractivity contribution in [2.75, 3.05) is 7.11 Å². The summed E-state index contributed by atoms with van der Waals surface area (Å²) in [6.07, 6.45) is 0.345. The van der Waals surface area contributed by atoms with E-state index in [9.17, 15) is 14.0 Å². The van der Waals surface area contributed by atoms with E-state index >= 15 is 0 Å². The molecule has 2 rings (SSSR count). The lowest BCUT2D eigenvalue weighted by atomic mass is 9.96. The average Bonchev–Trinajstić information content (AvgIpc) is 2.56. The number of hydrogen-bond donors (Lipinski definition) is 1. The van der Waals surface area contributed by atoms with Gasteiger partial charge >= 0.3 is 5.97 Å². The van der Waals surface area contributed by atoms with Crippen LogP contribution in [0.1, 0.15) is 22.3 Å². The largest absolute Gasteiger partial charge is 0.467 e. The predicted octanol–water partition coefficient (Wildman–Crippen LogP) is 2.89. The van der Waals surface area contributed by atoms with E-state index in [1.54, 1.807) is 12.1 Å². The molecule has 5 heteroatoms. The number of carbonyl (C=O) groups excluding carboxylic acids is 2. The molecule has 0 spiro atoms.